The SMILES string of the molecule is CC[N+](CC)(CC)SSC.O=C[O-]. The lowest BCUT2D eigenvalue weighted by molar-refractivity contribution is -0.787. The number of hydrogen-bond donors (Lipinski definition) is 0. The zero-order valence-electron chi connectivity index (χ0n) is 8.78. The van der Waals surface area contributed by atoms with E-state index in [0.29, 0.717) is 0 Å². The summed E-state index contributed by atoms with van der Waals surface area (Å²) in [6.45, 7) is 9.98. The van der Waals surface area contributed by atoms with Gasteiger partial charge in [-0.3, -0.25) is 3.89 Å². The van der Waals surface area contributed by atoms with E-state index in [1.165, 1.54) is 23.5 Å². The maximum absolute atomic E-state index is 8.25. The third kappa shape index (κ3) is 7.22. The van der Waals surface area contributed by atoms with Gasteiger partial charge < -0.3 is 9.90 Å². The van der Waals surface area contributed by atoms with Gasteiger partial charge in [0.1, 0.15) is 11.0 Å². The molecule has 0 unspecified atom stereocenters. The lowest BCUT2D eigenvalue weighted by atomic mass is 10.5. The summed E-state index contributed by atoms with van der Waals surface area (Å²) in [6, 6.07) is 0. The molecule has 0 atom stereocenters. The van der Waals surface area contributed by atoms with Gasteiger partial charge in [0.15, 0.2) is 0 Å². The Kier molecular flexibility index (Phi) is 12.3. The van der Waals surface area contributed by atoms with Crippen molar-refractivity contribution >= 4 is 28.2 Å². The molecule has 0 aromatic carbocycles. The zero-order chi connectivity index (χ0) is 10.7. The molecule has 5 heteroatoms. The van der Waals surface area contributed by atoms with E-state index >= 15 is 0 Å². The predicted octanol–water partition coefficient (Wildman–Crippen LogP) is 1.16. The Morgan fingerprint density at radius 3 is 1.62 bits per heavy atom. The van der Waals surface area contributed by atoms with E-state index in [1.807, 2.05) is 21.8 Å². The van der Waals surface area contributed by atoms with Crippen LogP contribution in [0.1, 0.15) is 20.8 Å². The molecule has 0 N–H and O–H groups in total. The largest absolute Gasteiger partial charge is 0.554 e. The highest BCUT2D eigenvalue weighted by Gasteiger charge is 2.21. The monoisotopic (exact) mass is 225 g/mol. The second-order valence-electron chi connectivity index (χ2n) is 2.34. The summed E-state index contributed by atoms with van der Waals surface area (Å²) in [5, 5.41) is 8.25. The molecule has 0 aromatic rings. The molecule has 80 valence electrons. The Labute approximate surface area is 89.0 Å². The van der Waals surface area contributed by atoms with Crippen LogP contribution in [0.15, 0.2) is 0 Å². The minimum atomic E-state index is -0.500. The van der Waals surface area contributed by atoms with Crippen LogP contribution in [-0.4, -0.2) is 36.3 Å². The zero-order valence-corrected chi connectivity index (χ0v) is 10.4. The highest BCUT2D eigenvalue weighted by atomic mass is 33.1. The van der Waals surface area contributed by atoms with Crippen molar-refractivity contribution in [1.82, 2.24) is 0 Å². The van der Waals surface area contributed by atoms with Crippen LogP contribution in [-0.2, 0) is 4.79 Å². The molecular formula is C8H19NO2S2. The normalized spacial score (nSPS) is 10.2. The van der Waals surface area contributed by atoms with E-state index in [-0.39, 0.29) is 0 Å². The topological polar surface area (TPSA) is 40.1 Å². The fourth-order valence-corrected chi connectivity index (χ4v) is 3.52. The van der Waals surface area contributed by atoms with E-state index in [2.05, 4.69) is 27.0 Å². The quantitative estimate of drug-likeness (QED) is 0.305. The van der Waals surface area contributed by atoms with Gasteiger partial charge in [-0.15, -0.1) is 0 Å². The van der Waals surface area contributed by atoms with E-state index in [4.69, 9.17) is 9.90 Å². The second-order valence-corrected chi connectivity index (χ2v) is 5.05. The summed E-state index contributed by atoms with van der Waals surface area (Å²) in [4.78, 5) is 8.25. The first-order valence-corrected chi connectivity index (χ1v) is 6.81. The average molecular weight is 225 g/mol. The Hall–Kier alpha value is 0.130. The minimum Gasteiger partial charge on any atom is -0.554 e. The van der Waals surface area contributed by atoms with Gasteiger partial charge in [-0.05, 0) is 37.8 Å². The van der Waals surface area contributed by atoms with Crippen molar-refractivity contribution in [3.63, 3.8) is 0 Å². The van der Waals surface area contributed by atoms with Crippen LogP contribution in [0.25, 0.3) is 0 Å². The fraction of sp³-hybridized carbons (Fsp3) is 0.875. The molecule has 0 radical (unpaired) electrons. The Morgan fingerprint density at radius 2 is 1.54 bits per heavy atom. The first-order chi connectivity index (χ1) is 6.16. The average Bonchev–Trinajstić information content (AvgIpc) is 2.16. The fourth-order valence-electron chi connectivity index (χ4n) is 0.987. The summed E-state index contributed by atoms with van der Waals surface area (Å²) in [6.07, 6.45) is 2.15. The van der Waals surface area contributed by atoms with Crippen molar-refractivity contribution in [2.75, 3.05) is 25.9 Å². The summed E-state index contributed by atoms with van der Waals surface area (Å²) in [7, 11) is 3.85. The first-order valence-electron chi connectivity index (χ1n) is 4.30. The number of carbonyl (C=O) groups excluding carboxylic acids is 1. The Morgan fingerprint density at radius 1 is 1.23 bits per heavy atom. The molecule has 0 spiro atoms. The highest BCUT2D eigenvalue weighted by Crippen LogP contribution is 2.31. The number of carbonyl (C=O) groups is 1. The van der Waals surface area contributed by atoms with Gasteiger partial charge >= 0.3 is 0 Å². The third-order valence-corrected chi connectivity index (χ3v) is 4.60. The Bertz CT molecular complexity index is 110. The van der Waals surface area contributed by atoms with Crippen LogP contribution >= 0.6 is 21.8 Å². The van der Waals surface area contributed by atoms with Gasteiger partial charge in [-0.2, -0.15) is 0 Å². The van der Waals surface area contributed by atoms with Crippen molar-refractivity contribution in [2.24, 2.45) is 0 Å². The van der Waals surface area contributed by atoms with Gasteiger partial charge in [0.05, 0.1) is 19.6 Å². The van der Waals surface area contributed by atoms with E-state index in [9.17, 15) is 0 Å². The lowest BCUT2D eigenvalue weighted by Crippen LogP contribution is -2.39. The smallest absolute Gasteiger partial charge is 0.146 e. The molecule has 0 heterocycles. The molecule has 0 aliphatic rings. The van der Waals surface area contributed by atoms with Crippen LogP contribution in [0.5, 0.6) is 0 Å². The van der Waals surface area contributed by atoms with Gasteiger partial charge in [-0.1, -0.05) is 0 Å². The van der Waals surface area contributed by atoms with Crippen molar-refractivity contribution in [3.05, 3.63) is 0 Å². The molecular weight excluding hydrogens is 206 g/mol. The van der Waals surface area contributed by atoms with Gasteiger partial charge in [-0.25, -0.2) is 0 Å². The number of quaternary nitrogens is 1. The number of carboxylic acid groups (broad SMARTS) is 1. The second kappa shape index (κ2) is 10.2. The summed E-state index contributed by atoms with van der Waals surface area (Å²) in [5.41, 5.74) is 0. The summed E-state index contributed by atoms with van der Waals surface area (Å²) < 4.78 is 1.18. The highest BCUT2D eigenvalue weighted by molar-refractivity contribution is 8.74. The molecule has 13 heavy (non-hydrogen) atoms. The molecule has 0 aliphatic carbocycles. The van der Waals surface area contributed by atoms with E-state index in [1.54, 1.807) is 0 Å². The van der Waals surface area contributed by atoms with Crippen molar-refractivity contribution < 1.29 is 13.8 Å². The third-order valence-electron chi connectivity index (χ3n) is 1.96. The molecule has 0 amide bonds. The van der Waals surface area contributed by atoms with E-state index < -0.39 is 6.47 Å². The summed E-state index contributed by atoms with van der Waals surface area (Å²) >= 11 is 0. The molecule has 0 saturated heterocycles. The molecule has 0 rings (SSSR count). The Balaban J connectivity index is 0. The molecule has 0 aliphatic heterocycles. The molecule has 0 bridgehead atoms. The lowest BCUT2D eigenvalue weighted by Gasteiger charge is -2.31. The first kappa shape index (κ1) is 15.6. The minimum absolute atomic E-state index is 0.500. The van der Waals surface area contributed by atoms with Crippen molar-refractivity contribution in [2.45, 2.75) is 20.8 Å². The maximum Gasteiger partial charge on any atom is 0.146 e. The maximum atomic E-state index is 8.25. The standard InChI is InChI=1S/C7H18NS2.CH2O2/c1-5-8(6-2,7-3)10-9-4;2-1-3/h5-7H2,1-4H3;1H,(H,2,3)/q+1;/p-1. The van der Waals surface area contributed by atoms with Gasteiger partial charge in [0, 0.05) is 6.47 Å². The molecule has 0 aromatic heterocycles. The van der Waals surface area contributed by atoms with Crippen LogP contribution in [0, 0.1) is 0 Å². The number of rotatable bonds is 5. The van der Waals surface area contributed by atoms with Crippen molar-refractivity contribution in [1.29, 1.82) is 0 Å². The van der Waals surface area contributed by atoms with E-state index in [0.717, 1.165) is 0 Å². The summed E-state index contributed by atoms with van der Waals surface area (Å²) in [5.74, 6) is 0. The molecule has 3 nitrogen and oxygen atoms in total. The van der Waals surface area contributed by atoms with Crippen molar-refractivity contribution in [3.8, 4) is 0 Å². The molecule has 0 saturated carbocycles. The number of nitrogens with zero attached hydrogens (tertiary/aromatic N) is 1. The van der Waals surface area contributed by atoms with Crippen LogP contribution in [0.2, 0.25) is 0 Å². The number of hydrogen-bond acceptors (Lipinski definition) is 4. The van der Waals surface area contributed by atoms with Crippen LogP contribution < -0.4 is 5.11 Å². The van der Waals surface area contributed by atoms with Crippen LogP contribution in [0.3, 0.4) is 0 Å². The van der Waals surface area contributed by atoms with Crippen LogP contribution in [0.4, 0.5) is 0 Å². The van der Waals surface area contributed by atoms with Gasteiger partial charge in [0.2, 0.25) is 0 Å². The van der Waals surface area contributed by atoms with Gasteiger partial charge in [0.25, 0.3) is 0 Å². The molecule has 0 fully saturated rings. The predicted molar refractivity (Wildman–Crippen MR) is 59.1 cm³/mol.